The molecule has 0 N–H and O–H groups in total. The molecule has 0 aliphatic carbocycles. The Hall–Kier alpha value is -8.61. The van der Waals surface area contributed by atoms with E-state index in [9.17, 15) is 0 Å². The fraction of sp³-hybridized carbons (Fsp3) is 0. The van der Waals surface area contributed by atoms with E-state index in [1.807, 2.05) is 30.3 Å². The summed E-state index contributed by atoms with van der Waals surface area (Å²) in [4.78, 5) is 15.8. The van der Waals surface area contributed by atoms with Crippen LogP contribution in [0.4, 0.5) is 0 Å². The van der Waals surface area contributed by atoms with Gasteiger partial charge in [0.1, 0.15) is 11.2 Å². The predicted molar refractivity (Wildman–Crippen MR) is 258 cm³/mol. The van der Waals surface area contributed by atoms with E-state index in [1.165, 1.54) is 21.5 Å². The summed E-state index contributed by atoms with van der Waals surface area (Å²) in [7, 11) is 0. The van der Waals surface area contributed by atoms with E-state index in [-0.39, 0.29) is 0 Å². The molecule has 6 heteroatoms. The van der Waals surface area contributed by atoms with Crippen molar-refractivity contribution in [3.8, 4) is 56.7 Å². The van der Waals surface area contributed by atoms with Crippen molar-refractivity contribution >= 4 is 65.6 Å². The first-order chi connectivity index (χ1) is 31.2. The Morgan fingerprint density at radius 2 is 0.857 bits per heavy atom. The Kier molecular flexibility index (Phi) is 7.80. The van der Waals surface area contributed by atoms with Crippen molar-refractivity contribution in [2.24, 2.45) is 0 Å². The second-order valence-corrected chi connectivity index (χ2v) is 16.0. The molecule has 0 aliphatic rings. The summed E-state index contributed by atoms with van der Waals surface area (Å²) in [6.45, 7) is 0. The van der Waals surface area contributed by atoms with Crippen molar-refractivity contribution in [2.75, 3.05) is 0 Å². The SMILES string of the molecule is c1ccc(-c2ccc3c(c2)oc2ccc(-c4nc(-c5ccccc5)nc(-c5ccccc5-n5c6ccccc6c6ccc7c8ccccc8n(-c8ccccc8)c7c65)n4)cc23)cc1. The lowest BCUT2D eigenvalue weighted by molar-refractivity contribution is 0.669. The van der Waals surface area contributed by atoms with Gasteiger partial charge in [-0.1, -0.05) is 146 Å². The van der Waals surface area contributed by atoms with Crippen LogP contribution in [0.2, 0.25) is 0 Å². The molecule has 0 radical (unpaired) electrons. The maximum Gasteiger partial charge on any atom is 0.166 e. The van der Waals surface area contributed by atoms with Crippen LogP contribution in [-0.2, 0) is 0 Å². The van der Waals surface area contributed by atoms with Crippen molar-refractivity contribution in [2.45, 2.75) is 0 Å². The third kappa shape index (κ3) is 5.55. The number of hydrogen-bond donors (Lipinski definition) is 0. The van der Waals surface area contributed by atoms with Crippen LogP contribution >= 0.6 is 0 Å². The van der Waals surface area contributed by atoms with E-state index in [2.05, 4.69) is 191 Å². The second-order valence-electron chi connectivity index (χ2n) is 16.0. The zero-order valence-electron chi connectivity index (χ0n) is 33.9. The van der Waals surface area contributed by atoms with Gasteiger partial charge in [0.2, 0.25) is 0 Å². The number of rotatable bonds is 6. The van der Waals surface area contributed by atoms with Crippen molar-refractivity contribution in [3.05, 3.63) is 212 Å². The molecule has 0 spiro atoms. The van der Waals surface area contributed by atoms with E-state index < -0.39 is 0 Å². The van der Waals surface area contributed by atoms with E-state index >= 15 is 0 Å². The van der Waals surface area contributed by atoms with Gasteiger partial charge in [0.25, 0.3) is 0 Å². The Labute approximate surface area is 361 Å². The highest BCUT2D eigenvalue weighted by Crippen LogP contribution is 2.43. The van der Waals surface area contributed by atoms with Crippen molar-refractivity contribution in [1.29, 1.82) is 0 Å². The van der Waals surface area contributed by atoms with Crippen molar-refractivity contribution in [3.63, 3.8) is 0 Å². The first-order valence-corrected chi connectivity index (χ1v) is 21.2. The fourth-order valence-electron chi connectivity index (χ4n) is 9.52. The summed E-state index contributed by atoms with van der Waals surface area (Å²) in [5.74, 6) is 1.77. The fourth-order valence-corrected chi connectivity index (χ4v) is 9.52. The van der Waals surface area contributed by atoms with Crippen LogP contribution in [0.15, 0.2) is 217 Å². The number of para-hydroxylation sites is 4. The molecule has 0 amide bonds. The first kappa shape index (κ1) is 35.2. The van der Waals surface area contributed by atoms with Crippen LogP contribution in [0.5, 0.6) is 0 Å². The highest BCUT2D eigenvalue weighted by atomic mass is 16.3. The number of benzene rings is 9. The van der Waals surface area contributed by atoms with E-state index in [0.29, 0.717) is 17.5 Å². The van der Waals surface area contributed by atoms with Gasteiger partial charge in [-0.15, -0.1) is 0 Å². The zero-order chi connectivity index (χ0) is 41.4. The molecule has 0 bridgehead atoms. The molecule has 13 aromatic rings. The molecule has 294 valence electrons. The summed E-state index contributed by atoms with van der Waals surface area (Å²) >= 11 is 0. The summed E-state index contributed by atoms with van der Waals surface area (Å²) in [6, 6.07) is 74.4. The molecule has 0 atom stereocenters. The molecular weight excluding hydrogens is 771 g/mol. The van der Waals surface area contributed by atoms with E-state index in [1.54, 1.807) is 0 Å². The molecule has 13 rings (SSSR count). The third-order valence-corrected chi connectivity index (χ3v) is 12.4. The highest BCUT2D eigenvalue weighted by Gasteiger charge is 2.24. The lowest BCUT2D eigenvalue weighted by Crippen LogP contribution is -2.04. The molecule has 0 saturated heterocycles. The molecule has 0 fully saturated rings. The second kappa shape index (κ2) is 14.0. The summed E-state index contributed by atoms with van der Waals surface area (Å²) < 4.78 is 11.3. The van der Waals surface area contributed by atoms with Gasteiger partial charge in [-0.3, -0.25) is 0 Å². The van der Waals surface area contributed by atoms with Gasteiger partial charge in [-0.05, 0) is 77.9 Å². The Morgan fingerprint density at radius 3 is 1.59 bits per heavy atom. The molecule has 6 nitrogen and oxygen atoms in total. The molecule has 0 aliphatic heterocycles. The number of nitrogens with zero attached hydrogens (tertiary/aromatic N) is 5. The van der Waals surface area contributed by atoms with Crippen LogP contribution in [-0.4, -0.2) is 24.1 Å². The first-order valence-electron chi connectivity index (χ1n) is 21.2. The van der Waals surface area contributed by atoms with Crippen LogP contribution in [0.3, 0.4) is 0 Å². The van der Waals surface area contributed by atoms with Crippen LogP contribution in [0.25, 0.3) is 122 Å². The maximum atomic E-state index is 6.45. The van der Waals surface area contributed by atoms with Gasteiger partial charge < -0.3 is 13.6 Å². The number of aromatic nitrogens is 5. The van der Waals surface area contributed by atoms with Gasteiger partial charge in [-0.2, -0.15) is 0 Å². The van der Waals surface area contributed by atoms with Gasteiger partial charge in [-0.25, -0.2) is 15.0 Å². The maximum absolute atomic E-state index is 6.45. The molecule has 0 unspecified atom stereocenters. The van der Waals surface area contributed by atoms with Crippen molar-refractivity contribution in [1.82, 2.24) is 24.1 Å². The molecular formula is C57H35N5O. The Morgan fingerprint density at radius 1 is 0.317 bits per heavy atom. The topological polar surface area (TPSA) is 61.7 Å². The average Bonchev–Trinajstić information content (AvgIpc) is 4.02. The van der Waals surface area contributed by atoms with Gasteiger partial charge in [0, 0.05) is 54.7 Å². The van der Waals surface area contributed by atoms with Crippen LogP contribution in [0, 0.1) is 0 Å². The third-order valence-electron chi connectivity index (χ3n) is 12.4. The molecule has 9 aromatic carbocycles. The van der Waals surface area contributed by atoms with Gasteiger partial charge >= 0.3 is 0 Å². The quantitative estimate of drug-likeness (QED) is 0.168. The minimum absolute atomic E-state index is 0.583. The Bertz CT molecular complexity index is 3900. The standard InChI is InChI=1S/C57H35N5O/c1-4-16-36(17-5-1)38-28-30-43-47-34-39(29-33-51(47)63-52(43)35-38)56-58-55(37-18-6-2-7-19-37)59-57(60-56)46-24-12-15-27-50(46)62-49-26-14-11-23-42(49)45-32-31-44-41-22-10-13-25-48(41)61(53(44)54(45)62)40-20-8-3-9-21-40/h1-35H. The Balaban J connectivity index is 1.06. The largest absolute Gasteiger partial charge is 0.456 e. The highest BCUT2D eigenvalue weighted by molar-refractivity contribution is 6.24. The normalized spacial score (nSPS) is 11.8. The van der Waals surface area contributed by atoms with Gasteiger partial charge in [0.15, 0.2) is 17.5 Å². The minimum atomic E-state index is 0.583. The average molecular weight is 806 g/mol. The van der Waals surface area contributed by atoms with Crippen molar-refractivity contribution < 1.29 is 4.42 Å². The predicted octanol–water partition coefficient (Wildman–Crippen LogP) is 14.6. The smallest absolute Gasteiger partial charge is 0.166 e. The number of hydrogen-bond acceptors (Lipinski definition) is 4. The molecule has 4 heterocycles. The van der Waals surface area contributed by atoms with Crippen LogP contribution < -0.4 is 0 Å². The molecule has 0 saturated carbocycles. The summed E-state index contributed by atoms with van der Waals surface area (Å²) in [5, 5.41) is 6.79. The zero-order valence-corrected chi connectivity index (χ0v) is 33.9. The summed E-state index contributed by atoms with van der Waals surface area (Å²) in [5.41, 5.74) is 13.2. The lowest BCUT2D eigenvalue weighted by Gasteiger charge is -2.16. The molecule has 63 heavy (non-hydrogen) atoms. The lowest BCUT2D eigenvalue weighted by atomic mass is 10.0. The minimum Gasteiger partial charge on any atom is -0.456 e. The monoisotopic (exact) mass is 805 g/mol. The number of fused-ring (bicyclic) bond motifs is 10. The van der Waals surface area contributed by atoms with E-state index in [0.717, 1.165) is 83.2 Å². The van der Waals surface area contributed by atoms with Crippen LogP contribution in [0.1, 0.15) is 0 Å². The number of furan rings is 1. The van der Waals surface area contributed by atoms with Gasteiger partial charge in [0.05, 0.1) is 27.8 Å². The summed E-state index contributed by atoms with van der Waals surface area (Å²) in [6.07, 6.45) is 0. The molecule has 4 aromatic heterocycles. The van der Waals surface area contributed by atoms with E-state index in [4.69, 9.17) is 19.4 Å².